The predicted molar refractivity (Wildman–Crippen MR) is 226 cm³/mol. The minimum Gasteiger partial charge on any atom is -0.455 e. The van der Waals surface area contributed by atoms with Crippen LogP contribution >= 0.6 is 0 Å². The largest absolute Gasteiger partial charge is 0.455 e. The Kier molecular flexibility index (Phi) is 6.10. The Balaban J connectivity index is 1.20. The second-order valence-corrected chi connectivity index (χ2v) is 14.3. The number of hydrogen-bond donors (Lipinski definition) is 0. The molecule has 12 aromatic rings. The summed E-state index contributed by atoms with van der Waals surface area (Å²) in [7, 11) is 0. The second kappa shape index (κ2) is 11.2. The number of rotatable bonds is 3. The van der Waals surface area contributed by atoms with Gasteiger partial charge in [-0.2, -0.15) is 10.5 Å². The standard InChI is InChI=1S/C50H27N5O/c51-28-30-21-24-46(54-43-19-9-4-15-37(43)48-45(54)26-23-36-35-14-5-10-20-47(35)56-50(36)48)49(39(30)29-52)55-42-18-8-3-13-34(42)38-27-31(22-25-44(38)55)53-40-16-6-1-11-32(40)33-12-2-7-17-41(33)53/h1-27H. The monoisotopic (exact) mass is 713 g/mol. The fourth-order valence-corrected chi connectivity index (χ4v) is 9.23. The summed E-state index contributed by atoms with van der Waals surface area (Å²) in [6.07, 6.45) is 0. The average molecular weight is 714 g/mol. The van der Waals surface area contributed by atoms with Gasteiger partial charge in [0.25, 0.3) is 0 Å². The predicted octanol–water partition coefficient (Wildman–Crippen LogP) is 12.6. The maximum atomic E-state index is 11.0. The van der Waals surface area contributed by atoms with E-state index in [9.17, 15) is 10.5 Å². The molecular weight excluding hydrogens is 687 g/mol. The van der Waals surface area contributed by atoms with Crippen LogP contribution < -0.4 is 0 Å². The molecule has 0 radical (unpaired) electrons. The molecule has 0 saturated heterocycles. The Morgan fingerprint density at radius 1 is 0.411 bits per heavy atom. The molecule has 6 nitrogen and oxygen atoms in total. The van der Waals surface area contributed by atoms with Gasteiger partial charge in [0.2, 0.25) is 0 Å². The number of para-hydroxylation sites is 5. The molecule has 56 heavy (non-hydrogen) atoms. The third kappa shape index (κ3) is 3.92. The Hall–Kier alpha value is -8.06. The number of hydrogen-bond acceptors (Lipinski definition) is 3. The smallest absolute Gasteiger partial charge is 0.145 e. The molecule has 0 spiro atoms. The first-order valence-electron chi connectivity index (χ1n) is 18.6. The normalized spacial score (nSPS) is 11.9. The van der Waals surface area contributed by atoms with E-state index in [0.717, 1.165) is 88.0 Å². The van der Waals surface area contributed by atoms with Gasteiger partial charge in [-0.25, -0.2) is 0 Å². The molecule has 4 aromatic heterocycles. The van der Waals surface area contributed by atoms with Gasteiger partial charge in [-0.3, -0.25) is 0 Å². The van der Waals surface area contributed by atoms with Crippen LogP contribution in [-0.2, 0) is 0 Å². The van der Waals surface area contributed by atoms with Gasteiger partial charge in [0.15, 0.2) is 0 Å². The van der Waals surface area contributed by atoms with Crippen molar-refractivity contribution in [2.75, 3.05) is 0 Å². The lowest BCUT2D eigenvalue weighted by molar-refractivity contribution is 0.673. The number of aromatic nitrogens is 3. The Bertz CT molecular complexity index is 3690. The molecule has 258 valence electrons. The molecule has 0 aliphatic carbocycles. The lowest BCUT2D eigenvalue weighted by Crippen LogP contribution is -2.07. The van der Waals surface area contributed by atoms with E-state index in [0.29, 0.717) is 16.8 Å². The minimum atomic E-state index is 0.315. The van der Waals surface area contributed by atoms with Crippen LogP contribution in [0.2, 0.25) is 0 Å². The molecule has 0 bridgehead atoms. The average Bonchev–Trinajstić information content (AvgIpc) is 3.99. The summed E-state index contributed by atoms with van der Waals surface area (Å²) in [5.74, 6) is 0. The maximum absolute atomic E-state index is 11.0. The van der Waals surface area contributed by atoms with Crippen molar-refractivity contribution in [3.8, 4) is 29.2 Å². The fraction of sp³-hybridized carbons (Fsp3) is 0. The third-order valence-corrected chi connectivity index (χ3v) is 11.5. The first-order chi connectivity index (χ1) is 27.7. The minimum absolute atomic E-state index is 0.315. The van der Waals surface area contributed by atoms with Gasteiger partial charge in [0, 0.05) is 43.4 Å². The highest BCUT2D eigenvalue weighted by Gasteiger charge is 2.26. The van der Waals surface area contributed by atoms with Crippen molar-refractivity contribution >= 4 is 87.4 Å². The quantitative estimate of drug-likeness (QED) is 0.183. The van der Waals surface area contributed by atoms with Crippen LogP contribution in [0.3, 0.4) is 0 Å². The zero-order chi connectivity index (χ0) is 37.1. The molecular formula is C50H27N5O. The SMILES string of the molecule is N#Cc1ccc(-n2c3ccccc3c3c4oc5ccccc5c4ccc32)c(-n2c3ccccc3c3cc(-n4c5ccccc5c5ccccc54)ccc32)c1C#N. The third-order valence-electron chi connectivity index (χ3n) is 11.5. The topological polar surface area (TPSA) is 75.5 Å². The van der Waals surface area contributed by atoms with Gasteiger partial charge in [0.05, 0.1) is 61.0 Å². The first-order valence-corrected chi connectivity index (χ1v) is 18.6. The molecule has 0 atom stereocenters. The van der Waals surface area contributed by atoms with Crippen molar-refractivity contribution < 1.29 is 4.42 Å². The molecule has 0 aliphatic heterocycles. The summed E-state index contributed by atoms with van der Waals surface area (Å²) in [6.45, 7) is 0. The van der Waals surface area contributed by atoms with E-state index in [2.05, 4.69) is 147 Å². The van der Waals surface area contributed by atoms with Crippen molar-refractivity contribution in [2.24, 2.45) is 0 Å². The van der Waals surface area contributed by atoms with Crippen LogP contribution in [0.25, 0.3) is 104 Å². The van der Waals surface area contributed by atoms with Crippen molar-refractivity contribution in [1.29, 1.82) is 10.5 Å². The van der Waals surface area contributed by atoms with E-state index in [4.69, 9.17) is 4.42 Å². The van der Waals surface area contributed by atoms with Crippen LogP contribution in [0, 0.1) is 22.7 Å². The summed E-state index contributed by atoms with van der Waals surface area (Å²) < 4.78 is 13.3. The van der Waals surface area contributed by atoms with Crippen molar-refractivity contribution in [3.05, 3.63) is 175 Å². The summed E-state index contributed by atoms with van der Waals surface area (Å²) in [5, 5.41) is 30.1. The van der Waals surface area contributed by atoms with Crippen LogP contribution in [-0.4, -0.2) is 13.7 Å². The molecule has 0 fully saturated rings. The van der Waals surface area contributed by atoms with Crippen LogP contribution in [0.4, 0.5) is 0 Å². The molecule has 6 heteroatoms. The van der Waals surface area contributed by atoms with Gasteiger partial charge in [-0.05, 0) is 72.8 Å². The number of nitrogens with zero attached hydrogens (tertiary/aromatic N) is 5. The molecule has 0 unspecified atom stereocenters. The summed E-state index contributed by atoms with van der Waals surface area (Å²) in [5.41, 5.74) is 10.8. The van der Waals surface area contributed by atoms with Gasteiger partial charge in [-0.1, -0.05) is 91.0 Å². The zero-order valence-electron chi connectivity index (χ0n) is 29.7. The van der Waals surface area contributed by atoms with Gasteiger partial charge < -0.3 is 18.1 Å². The van der Waals surface area contributed by atoms with Crippen molar-refractivity contribution in [3.63, 3.8) is 0 Å². The van der Waals surface area contributed by atoms with E-state index in [-0.39, 0.29) is 0 Å². The van der Waals surface area contributed by atoms with Gasteiger partial charge in [-0.15, -0.1) is 0 Å². The Morgan fingerprint density at radius 3 is 1.64 bits per heavy atom. The van der Waals surface area contributed by atoms with Crippen LogP contribution in [0.15, 0.2) is 168 Å². The summed E-state index contributed by atoms with van der Waals surface area (Å²) in [4.78, 5) is 0. The number of fused-ring (bicyclic) bond motifs is 13. The van der Waals surface area contributed by atoms with E-state index in [1.807, 2.05) is 36.4 Å². The molecule has 0 aliphatic rings. The van der Waals surface area contributed by atoms with Crippen molar-refractivity contribution in [2.45, 2.75) is 0 Å². The summed E-state index contributed by atoms with van der Waals surface area (Å²) >= 11 is 0. The lowest BCUT2D eigenvalue weighted by atomic mass is 10.0. The molecule has 12 rings (SSSR count). The van der Waals surface area contributed by atoms with E-state index in [1.54, 1.807) is 6.07 Å². The molecule has 4 heterocycles. The second-order valence-electron chi connectivity index (χ2n) is 14.3. The van der Waals surface area contributed by atoms with Crippen LogP contribution in [0.5, 0.6) is 0 Å². The highest BCUT2D eigenvalue weighted by Crippen LogP contribution is 2.44. The van der Waals surface area contributed by atoms with E-state index in [1.165, 1.54) is 10.8 Å². The molecule has 8 aromatic carbocycles. The fourth-order valence-electron chi connectivity index (χ4n) is 9.23. The van der Waals surface area contributed by atoms with Gasteiger partial charge in [0.1, 0.15) is 23.3 Å². The number of furan rings is 1. The van der Waals surface area contributed by atoms with Crippen molar-refractivity contribution in [1.82, 2.24) is 13.7 Å². The molecule has 0 amide bonds. The summed E-state index contributed by atoms with van der Waals surface area (Å²) in [6, 6.07) is 61.3. The molecule has 0 saturated carbocycles. The highest BCUT2D eigenvalue weighted by atomic mass is 16.3. The number of nitriles is 2. The Morgan fingerprint density at radius 2 is 0.964 bits per heavy atom. The Labute approximate surface area is 319 Å². The lowest BCUT2D eigenvalue weighted by Gasteiger charge is -2.19. The maximum Gasteiger partial charge on any atom is 0.145 e. The van der Waals surface area contributed by atoms with Gasteiger partial charge >= 0.3 is 0 Å². The number of benzene rings is 8. The van der Waals surface area contributed by atoms with E-state index < -0.39 is 0 Å². The first kappa shape index (κ1) is 30.4. The highest BCUT2D eigenvalue weighted by molar-refractivity contribution is 6.24. The van der Waals surface area contributed by atoms with Crippen LogP contribution in [0.1, 0.15) is 11.1 Å². The zero-order valence-corrected chi connectivity index (χ0v) is 29.7. The molecule has 0 N–H and O–H groups in total. The van der Waals surface area contributed by atoms with E-state index >= 15 is 0 Å².